The largest absolute Gasteiger partial charge is 0.490 e. The highest BCUT2D eigenvalue weighted by Crippen LogP contribution is 2.32. The van der Waals surface area contributed by atoms with Gasteiger partial charge in [0.2, 0.25) is 5.75 Å². The van der Waals surface area contributed by atoms with Gasteiger partial charge in [0, 0.05) is 20.1 Å². The Balaban J connectivity index is 2.93. The number of aromatic nitrogens is 2. The second-order valence-corrected chi connectivity index (χ2v) is 5.06. The van der Waals surface area contributed by atoms with Crippen LogP contribution in [0.15, 0.2) is 6.33 Å². The molecule has 1 unspecified atom stereocenters. The van der Waals surface area contributed by atoms with Crippen molar-refractivity contribution in [1.29, 1.82) is 0 Å². The number of thioether (sulfide) groups is 1. The molecule has 1 atom stereocenters. The number of hydrogen-bond donors (Lipinski definition) is 1. The number of ether oxygens (including phenoxy) is 1. The van der Waals surface area contributed by atoms with Crippen molar-refractivity contribution in [3.63, 3.8) is 0 Å². The Morgan fingerprint density at radius 2 is 2.22 bits per heavy atom. The summed E-state index contributed by atoms with van der Waals surface area (Å²) in [7, 11) is 5.50. The summed E-state index contributed by atoms with van der Waals surface area (Å²) in [4.78, 5) is 10.6. The molecule has 102 valence electrons. The molecular formula is C12H22N4OS. The van der Waals surface area contributed by atoms with Gasteiger partial charge in [0.05, 0.1) is 7.11 Å². The van der Waals surface area contributed by atoms with Crippen molar-refractivity contribution in [2.45, 2.75) is 19.4 Å². The molecule has 1 rings (SSSR count). The first-order valence-electron chi connectivity index (χ1n) is 5.94. The van der Waals surface area contributed by atoms with Gasteiger partial charge in [-0.2, -0.15) is 11.8 Å². The van der Waals surface area contributed by atoms with Crippen molar-refractivity contribution in [2.75, 3.05) is 43.4 Å². The average molecular weight is 270 g/mol. The first kappa shape index (κ1) is 14.9. The highest BCUT2D eigenvalue weighted by Gasteiger charge is 2.18. The standard InChI is InChI=1S/C12H22N4OS/c1-9(6-7-18-5)16(3)12-10(17-4)11(13-2)14-8-15-12/h8-9H,6-7H2,1-5H3,(H,13,14,15). The Hall–Kier alpha value is -1.17. The van der Waals surface area contributed by atoms with Crippen molar-refractivity contribution in [3.8, 4) is 5.75 Å². The van der Waals surface area contributed by atoms with E-state index in [-0.39, 0.29) is 0 Å². The SMILES string of the molecule is CNc1ncnc(N(C)C(C)CCSC)c1OC. The van der Waals surface area contributed by atoms with Crippen LogP contribution >= 0.6 is 11.8 Å². The fourth-order valence-corrected chi connectivity index (χ4v) is 2.25. The molecule has 0 fully saturated rings. The summed E-state index contributed by atoms with van der Waals surface area (Å²) in [5.74, 6) is 3.37. The predicted molar refractivity (Wildman–Crippen MR) is 79.0 cm³/mol. The minimum absolute atomic E-state index is 0.408. The lowest BCUT2D eigenvalue weighted by Crippen LogP contribution is -2.30. The number of anilines is 2. The van der Waals surface area contributed by atoms with Crippen LogP contribution in [0, 0.1) is 0 Å². The van der Waals surface area contributed by atoms with E-state index in [1.54, 1.807) is 13.4 Å². The minimum Gasteiger partial charge on any atom is -0.490 e. The minimum atomic E-state index is 0.408. The van der Waals surface area contributed by atoms with Gasteiger partial charge in [-0.1, -0.05) is 0 Å². The van der Waals surface area contributed by atoms with Gasteiger partial charge >= 0.3 is 0 Å². The van der Waals surface area contributed by atoms with Crippen molar-refractivity contribution >= 4 is 23.4 Å². The Morgan fingerprint density at radius 3 is 2.78 bits per heavy atom. The summed E-state index contributed by atoms with van der Waals surface area (Å²) >= 11 is 1.86. The maximum atomic E-state index is 5.41. The normalized spacial score (nSPS) is 12.1. The molecule has 0 saturated heterocycles. The van der Waals surface area contributed by atoms with Gasteiger partial charge in [-0.25, -0.2) is 9.97 Å². The van der Waals surface area contributed by atoms with Crippen LogP contribution in [0.4, 0.5) is 11.6 Å². The first-order valence-corrected chi connectivity index (χ1v) is 7.33. The number of methoxy groups -OCH3 is 1. The first-order chi connectivity index (χ1) is 8.65. The fraction of sp³-hybridized carbons (Fsp3) is 0.667. The molecule has 18 heavy (non-hydrogen) atoms. The van der Waals surface area contributed by atoms with Crippen molar-refractivity contribution in [2.24, 2.45) is 0 Å². The second-order valence-electron chi connectivity index (χ2n) is 4.07. The number of rotatable bonds is 7. The summed E-state index contributed by atoms with van der Waals surface area (Å²) in [6, 6.07) is 0.408. The zero-order chi connectivity index (χ0) is 13.5. The van der Waals surface area contributed by atoms with Gasteiger partial charge in [-0.15, -0.1) is 0 Å². The van der Waals surface area contributed by atoms with Crippen LogP contribution in [0.3, 0.4) is 0 Å². The summed E-state index contributed by atoms with van der Waals surface area (Å²) < 4.78 is 5.41. The monoisotopic (exact) mass is 270 g/mol. The number of nitrogens with one attached hydrogen (secondary N) is 1. The predicted octanol–water partition coefficient (Wildman–Crippen LogP) is 2.10. The molecule has 0 aliphatic carbocycles. The van der Waals surface area contributed by atoms with E-state index in [1.807, 2.05) is 25.9 Å². The van der Waals surface area contributed by atoms with E-state index >= 15 is 0 Å². The molecule has 0 aromatic carbocycles. The van der Waals surface area contributed by atoms with Crippen molar-refractivity contribution in [3.05, 3.63) is 6.33 Å². The smallest absolute Gasteiger partial charge is 0.204 e. The molecule has 0 saturated carbocycles. The third-order valence-electron chi connectivity index (χ3n) is 2.96. The average Bonchev–Trinajstić information content (AvgIpc) is 2.42. The van der Waals surface area contributed by atoms with E-state index < -0.39 is 0 Å². The number of hydrogen-bond acceptors (Lipinski definition) is 6. The summed E-state index contributed by atoms with van der Waals surface area (Å²) in [6.07, 6.45) is 4.79. The molecule has 1 heterocycles. The third-order valence-corrected chi connectivity index (χ3v) is 3.60. The summed E-state index contributed by atoms with van der Waals surface area (Å²) in [5.41, 5.74) is 0. The molecule has 0 radical (unpaired) electrons. The highest BCUT2D eigenvalue weighted by atomic mass is 32.2. The van der Waals surface area contributed by atoms with Gasteiger partial charge < -0.3 is 15.0 Å². The summed E-state index contributed by atoms with van der Waals surface area (Å²) in [5, 5.41) is 3.02. The molecule has 0 aliphatic rings. The lowest BCUT2D eigenvalue weighted by Gasteiger charge is -2.27. The Morgan fingerprint density at radius 1 is 1.50 bits per heavy atom. The molecule has 1 aromatic heterocycles. The molecule has 1 N–H and O–H groups in total. The zero-order valence-electron chi connectivity index (χ0n) is 11.7. The van der Waals surface area contributed by atoms with Crippen LogP contribution in [0.5, 0.6) is 5.75 Å². The fourth-order valence-electron chi connectivity index (χ4n) is 1.67. The highest BCUT2D eigenvalue weighted by molar-refractivity contribution is 7.98. The lowest BCUT2D eigenvalue weighted by atomic mass is 10.2. The third kappa shape index (κ3) is 3.41. The van der Waals surface area contributed by atoms with E-state index in [0.717, 1.165) is 18.0 Å². The van der Waals surface area contributed by atoms with Crippen LogP contribution < -0.4 is 15.0 Å². The maximum absolute atomic E-state index is 5.41. The molecule has 0 spiro atoms. The molecule has 1 aromatic rings. The van der Waals surface area contributed by atoms with Crippen LogP contribution in [0.1, 0.15) is 13.3 Å². The van der Waals surface area contributed by atoms with Crippen molar-refractivity contribution < 1.29 is 4.74 Å². The van der Waals surface area contributed by atoms with E-state index in [2.05, 4.69) is 33.4 Å². The second kappa shape index (κ2) is 7.31. The number of nitrogens with zero attached hydrogens (tertiary/aromatic N) is 3. The topological polar surface area (TPSA) is 50.3 Å². The zero-order valence-corrected chi connectivity index (χ0v) is 12.5. The Kier molecular flexibility index (Phi) is 6.04. The molecule has 6 heteroatoms. The van der Waals surface area contributed by atoms with Gasteiger partial charge in [-0.05, 0) is 25.4 Å². The maximum Gasteiger partial charge on any atom is 0.204 e. The van der Waals surface area contributed by atoms with Gasteiger partial charge in [0.15, 0.2) is 11.6 Å². The van der Waals surface area contributed by atoms with Gasteiger partial charge in [-0.3, -0.25) is 0 Å². The molecule has 0 bridgehead atoms. The van der Waals surface area contributed by atoms with Gasteiger partial charge in [0.25, 0.3) is 0 Å². The quantitative estimate of drug-likeness (QED) is 0.819. The molecule has 5 nitrogen and oxygen atoms in total. The van der Waals surface area contributed by atoms with Crippen molar-refractivity contribution in [1.82, 2.24) is 9.97 Å². The molecule has 0 amide bonds. The van der Waals surface area contributed by atoms with Gasteiger partial charge in [0.1, 0.15) is 6.33 Å². The van der Waals surface area contributed by atoms with Crippen LogP contribution in [-0.4, -0.2) is 49.2 Å². The van der Waals surface area contributed by atoms with E-state index in [4.69, 9.17) is 4.74 Å². The molecule has 0 aliphatic heterocycles. The Bertz CT molecular complexity index is 375. The molecular weight excluding hydrogens is 248 g/mol. The van der Waals surface area contributed by atoms with Crippen LogP contribution in [-0.2, 0) is 0 Å². The van der Waals surface area contributed by atoms with E-state index in [1.165, 1.54) is 0 Å². The lowest BCUT2D eigenvalue weighted by molar-refractivity contribution is 0.411. The Labute approximate surface area is 113 Å². The van der Waals surface area contributed by atoms with E-state index in [9.17, 15) is 0 Å². The van der Waals surface area contributed by atoms with Crippen LogP contribution in [0.2, 0.25) is 0 Å². The van der Waals surface area contributed by atoms with Crippen LogP contribution in [0.25, 0.3) is 0 Å². The van der Waals surface area contributed by atoms with E-state index in [0.29, 0.717) is 17.6 Å². The summed E-state index contributed by atoms with van der Waals surface area (Å²) in [6.45, 7) is 2.19.